The van der Waals surface area contributed by atoms with Crippen LogP contribution in [0.15, 0.2) is 0 Å². The molecule has 0 amide bonds. The molecule has 1 saturated heterocycles. The average molecular weight is 159 g/mol. The van der Waals surface area contributed by atoms with Gasteiger partial charge in [0.15, 0.2) is 6.29 Å². The number of ether oxygens (including phenoxy) is 2. The quantitative estimate of drug-likeness (QED) is 0.645. The summed E-state index contributed by atoms with van der Waals surface area (Å²) in [6.45, 7) is 4.83. The molecule has 0 bridgehead atoms. The Kier molecular flexibility index (Phi) is 3.30. The third kappa shape index (κ3) is 2.15. The second-order valence-electron chi connectivity index (χ2n) is 2.88. The van der Waals surface area contributed by atoms with Crippen LogP contribution in [0.25, 0.3) is 0 Å². The lowest BCUT2D eigenvalue weighted by Crippen LogP contribution is -2.49. The van der Waals surface area contributed by atoms with Crippen molar-refractivity contribution in [3.8, 4) is 0 Å². The van der Waals surface area contributed by atoms with Crippen LogP contribution in [0.3, 0.4) is 0 Å². The first-order valence-corrected chi connectivity index (χ1v) is 4.22. The van der Waals surface area contributed by atoms with Gasteiger partial charge in [0.1, 0.15) is 0 Å². The molecular weight excluding hydrogens is 142 g/mol. The maximum Gasteiger partial charge on any atom is 0.155 e. The minimum atomic E-state index is -0.0375. The lowest BCUT2D eigenvalue weighted by Gasteiger charge is -2.34. The van der Waals surface area contributed by atoms with Crippen molar-refractivity contribution in [3.05, 3.63) is 0 Å². The van der Waals surface area contributed by atoms with Gasteiger partial charge in [0, 0.05) is 0 Å². The van der Waals surface area contributed by atoms with Crippen LogP contribution in [0.2, 0.25) is 0 Å². The normalized spacial score (nSPS) is 39.0. The van der Waals surface area contributed by atoms with E-state index in [1.807, 2.05) is 14.0 Å². The standard InChI is InChI=1S/C8H17NO2/c1-4-8-7(9-3)5-10-6(2)11-8/h6-9H,4-5H2,1-3H3. The molecule has 3 heteroatoms. The molecule has 66 valence electrons. The molecule has 3 unspecified atom stereocenters. The van der Waals surface area contributed by atoms with E-state index in [0.29, 0.717) is 12.1 Å². The molecule has 3 nitrogen and oxygen atoms in total. The van der Waals surface area contributed by atoms with Gasteiger partial charge in [-0.15, -0.1) is 0 Å². The maximum atomic E-state index is 5.55. The van der Waals surface area contributed by atoms with E-state index in [0.717, 1.165) is 13.0 Å². The van der Waals surface area contributed by atoms with E-state index in [1.54, 1.807) is 0 Å². The van der Waals surface area contributed by atoms with E-state index in [1.165, 1.54) is 0 Å². The van der Waals surface area contributed by atoms with Gasteiger partial charge in [-0.05, 0) is 20.4 Å². The number of likely N-dealkylation sites (N-methyl/N-ethyl adjacent to an activating group) is 1. The second-order valence-corrected chi connectivity index (χ2v) is 2.88. The Balaban J connectivity index is 2.41. The fraction of sp³-hybridized carbons (Fsp3) is 1.00. The van der Waals surface area contributed by atoms with Crippen molar-refractivity contribution >= 4 is 0 Å². The molecule has 1 N–H and O–H groups in total. The molecule has 3 atom stereocenters. The molecule has 0 aromatic rings. The van der Waals surface area contributed by atoms with Crippen LogP contribution in [0.4, 0.5) is 0 Å². The SMILES string of the molecule is CCC1OC(C)OCC1NC. The Morgan fingerprint density at radius 1 is 1.55 bits per heavy atom. The number of hydrogen-bond donors (Lipinski definition) is 1. The summed E-state index contributed by atoms with van der Waals surface area (Å²) in [7, 11) is 1.94. The first-order chi connectivity index (χ1) is 5.27. The van der Waals surface area contributed by atoms with Crippen molar-refractivity contribution in [1.29, 1.82) is 0 Å². The third-order valence-corrected chi connectivity index (χ3v) is 2.10. The molecule has 0 aliphatic carbocycles. The van der Waals surface area contributed by atoms with Crippen LogP contribution < -0.4 is 5.32 Å². The highest BCUT2D eigenvalue weighted by atomic mass is 16.7. The van der Waals surface area contributed by atoms with Gasteiger partial charge in [0.05, 0.1) is 18.8 Å². The second kappa shape index (κ2) is 4.04. The van der Waals surface area contributed by atoms with Gasteiger partial charge in [-0.2, -0.15) is 0 Å². The van der Waals surface area contributed by atoms with Crippen LogP contribution in [0, 0.1) is 0 Å². The summed E-state index contributed by atoms with van der Waals surface area (Å²) in [5.74, 6) is 0. The molecule has 1 aliphatic heterocycles. The van der Waals surface area contributed by atoms with Crippen LogP contribution in [0.5, 0.6) is 0 Å². The van der Waals surface area contributed by atoms with Gasteiger partial charge in [-0.3, -0.25) is 0 Å². The van der Waals surface area contributed by atoms with E-state index < -0.39 is 0 Å². The Labute approximate surface area is 68.1 Å². The largest absolute Gasteiger partial charge is 0.351 e. The summed E-state index contributed by atoms with van der Waals surface area (Å²) in [5.41, 5.74) is 0. The molecule has 0 spiro atoms. The smallest absolute Gasteiger partial charge is 0.155 e. The average Bonchev–Trinajstić information content (AvgIpc) is 2.04. The van der Waals surface area contributed by atoms with Gasteiger partial charge in [0.2, 0.25) is 0 Å². The molecule has 1 heterocycles. The lowest BCUT2D eigenvalue weighted by molar-refractivity contribution is -0.214. The molecule has 0 aromatic carbocycles. The zero-order valence-electron chi connectivity index (χ0n) is 7.46. The first kappa shape index (κ1) is 8.97. The van der Waals surface area contributed by atoms with Crippen LogP contribution in [-0.2, 0) is 9.47 Å². The topological polar surface area (TPSA) is 30.5 Å². The number of nitrogens with one attached hydrogen (secondary N) is 1. The highest BCUT2D eigenvalue weighted by Crippen LogP contribution is 2.14. The van der Waals surface area contributed by atoms with Gasteiger partial charge in [-0.1, -0.05) is 6.92 Å². The number of hydrogen-bond acceptors (Lipinski definition) is 3. The molecule has 1 rings (SSSR count). The van der Waals surface area contributed by atoms with Crippen LogP contribution in [0.1, 0.15) is 20.3 Å². The van der Waals surface area contributed by atoms with Crippen molar-refractivity contribution in [2.45, 2.75) is 38.7 Å². The van der Waals surface area contributed by atoms with Gasteiger partial charge >= 0.3 is 0 Å². The fourth-order valence-electron chi connectivity index (χ4n) is 1.38. The van der Waals surface area contributed by atoms with E-state index in [4.69, 9.17) is 9.47 Å². The molecule has 0 saturated carbocycles. The summed E-state index contributed by atoms with van der Waals surface area (Å²) in [5, 5.41) is 3.18. The van der Waals surface area contributed by atoms with Gasteiger partial charge in [0.25, 0.3) is 0 Å². The fourth-order valence-corrected chi connectivity index (χ4v) is 1.38. The summed E-state index contributed by atoms with van der Waals surface area (Å²) >= 11 is 0. The molecule has 11 heavy (non-hydrogen) atoms. The molecule has 1 fully saturated rings. The monoisotopic (exact) mass is 159 g/mol. The summed E-state index contributed by atoms with van der Waals surface area (Å²) in [4.78, 5) is 0. The van der Waals surface area contributed by atoms with Crippen molar-refractivity contribution in [2.75, 3.05) is 13.7 Å². The van der Waals surface area contributed by atoms with Crippen molar-refractivity contribution in [3.63, 3.8) is 0 Å². The molecule has 0 radical (unpaired) electrons. The summed E-state index contributed by atoms with van der Waals surface area (Å²) < 4.78 is 10.9. The minimum absolute atomic E-state index is 0.0375. The lowest BCUT2D eigenvalue weighted by atomic mass is 10.1. The third-order valence-electron chi connectivity index (χ3n) is 2.10. The summed E-state index contributed by atoms with van der Waals surface area (Å²) in [6, 6.07) is 0.358. The molecule has 1 aliphatic rings. The Bertz CT molecular complexity index is 119. The van der Waals surface area contributed by atoms with Crippen molar-refractivity contribution in [2.24, 2.45) is 0 Å². The Hall–Kier alpha value is -0.120. The van der Waals surface area contributed by atoms with E-state index in [9.17, 15) is 0 Å². The van der Waals surface area contributed by atoms with E-state index in [-0.39, 0.29) is 6.29 Å². The summed E-state index contributed by atoms with van der Waals surface area (Å²) in [6.07, 6.45) is 1.31. The zero-order valence-corrected chi connectivity index (χ0v) is 7.46. The predicted molar refractivity (Wildman–Crippen MR) is 43.4 cm³/mol. The van der Waals surface area contributed by atoms with Gasteiger partial charge in [-0.25, -0.2) is 0 Å². The first-order valence-electron chi connectivity index (χ1n) is 4.22. The maximum absolute atomic E-state index is 5.55. The van der Waals surface area contributed by atoms with Crippen molar-refractivity contribution in [1.82, 2.24) is 5.32 Å². The van der Waals surface area contributed by atoms with Gasteiger partial charge < -0.3 is 14.8 Å². The highest BCUT2D eigenvalue weighted by Gasteiger charge is 2.26. The Morgan fingerprint density at radius 3 is 2.82 bits per heavy atom. The van der Waals surface area contributed by atoms with E-state index >= 15 is 0 Å². The van der Waals surface area contributed by atoms with Crippen LogP contribution in [-0.4, -0.2) is 32.1 Å². The molecular formula is C8H17NO2. The number of rotatable bonds is 2. The van der Waals surface area contributed by atoms with Crippen molar-refractivity contribution < 1.29 is 9.47 Å². The Morgan fingerprint density at radius 2 is 2.27 bits per heavy atom. The minimum Gasteiger partial charge on any atom is -0.351 e. The van der Waals surface area contributed by atoms with E-state index in [2.05, 4.69) is 12.2 Å². The molecule has 0 aromatic heterocycles. The zero-order chi connectivity index (χ0) is 8.27. The predicted octanol–water partition coefficient (Wildman–Crippen LogP) is 0.746. The highest BCUT2D eigenvalue weighted by molar-refractivity contribution is 4.77. The van der Waals surface area contributed by atoms with Crippen LogP contribution >= 0.6 is 0 Å².